The van der Waals surface area contributed by atoms with Gasteiger partial charge in [-0.25, -0.2) is 0 Å². The Balaban J connectivity index is 2.28. The van der Waals surface area contributed by atoms with Crippen LogP contribution >= 0.6 is 0 Å². The van der Waals surface area contributed by atoms with Crippen LogP contribution in [-0.4, -0.2) is 23.0 Å². The maximum atomic E-state index is 11.7. The summed E-state index contributed by atoms with van der Waals surface area (Å²) in [6, 6.07) is 11.4. The third kappa shape index (κ3) is 3.48. The molecular weight excluding hydrogens is 374 g/mol. The Morgan fingerprint density at radius 2 is 1.74 bits per heavy atom. The number of phenols is 1. The highest BCUT2D eigenvalue weighted by Gasteiger charge is 2.20. The zero-order chi connectivity index (χ0) is 19.8. The molecule has 0 aromatic heterocycles. The van der Waals surface area contributed by atoms with Crippen molar-refractivity contribution >= 4 is 38.0 Å². The van der Waals surface area contributed by atoms with E-state index < -0.39 is 25.7 Å². The van der Waals surface area contributed by atoms with Gasteiger partial charge >= 0.3 is 0 Å². The smallest absolute Gasteiger partial charge is 0.299 e. The number of azo groups is 1. The molecule has 0 unspecified atom stereocenters. The summed E-state index contributed by atoms with van der Waals surface area (Å²) in [6.45, 7) is 1.54. The number of nitro benzene ring substituents is 1. The van der Waals surface area contributed by atoms with E-state index in [1.807, 2.05) is 0 Å². The van der Waals surface area contributed by atoms with Gasteiger partial charge < -0.3 is 5.11 Å². The molecule has 9 nitrogen and oxygen atoms in total. The number of aromatic hydroxyl groups is 1. The molecule has 0 fully saturated rings. The summed E-state index contributed by atoms with van der Waals surface area (Å²) in [5.74, 6) is -0.391. The number of benzene rings is 3. The van der Waals surface area contributed by atoms with Gasteiger partial charge in [0.25, 0.3) is 15.8 Å². The molecule has 0 spiro atoms. The second-order valence-corrected chi connectivity index (χ2v) is 7.05. The average Bonchev–Trinajstić information content (AvgIpc) is 2.59. The fourth-order valence-corrected chi connectivity index (χ4v) is 3.42. The monoisotopic (exact) mass is 387 g/mol. The van der Waals surface area contributed by atoms with Crippen molar-refractivity contribution in [2.24, 2.45) is 10.2 Å². The molecule has 0 saturated carbocycles. The summed E-state index contributed by atoms with van der Waals surface area (Å²) < 4.78 is 32.8. The predicted molar refractivity (Wildman–Crippen MR) is 97.4 cm³/mol. The van der Waals surface area contributed by atoms with Crippen molar-refractivity contribution in [3.63, 3.8) is 0 Å². The first kappa shape index (κ1) is 18.4. The SMILES string of the molecule is Cc1cccc(N=Nc2c(O)ccc3cccc(S(=O)(=O)O)c23)c1[N+](=O)[O-]. The molecule has 0 aliphatic heterocycles. The molecule has 3 aromatic rings. The molecule has 3 rings (SSSR count). The summed E-state index contributed by atoms with van der Waals surface area (Å²) in [4.78, 5) is 10.2. The number of phenolic OH excluding ortho intramolecular Hbond substituents is 1. The topological polar surface area (TPSA) is 142 Å². The molecule has 0 bridgehead atoms. The van der Waals surface area contributed by atoms with Crippen LogP contribution < -0.4 is 0 Å². The van der Waals surface area contributed by atoms with E-state index in [2.05, 4.69) is 10.2 Å². The minimum Gasteiger partial charge on any atom is -0.506 e. The number of rotatable bonds is 4. The van der Waals surface area contributed by atoms with Crippen LogP contribution in [0.15, 0.2) is 63.7 Å². The lowest BCUT2D eigenvalue weighted by Crippen LogP contribution is -1.99. The van der Waals surface area contributed by atoms with E-state index in [9.17, 15) is 28.2 Å². The fraction of sp³-hybridized carbons (Fsp3) is 0.0588. The van der Waals surface area contributed by atoms with Gasteiger partial charge in [-0.05, 0) is 30.5 Å². The third-order valence-corrected chi connectivity index (χ3v) is 4.79. The van der Waals surface area contributed by atoms with Crippen LogP contribution in [0.1, 0.15) is 5.56 Å². The van der Waals surface area contributed by atoms with Gasteiger partial charge in [0.2, 0.25) is 0 Å². The first-order valence-electron chi connectivity index (χ1n) is 7.58. The van der Waals surface area contributed by atoms with Gasteiger partial charge in [0.1, 0.15) is 16.3 Å². The third-order valence-electron chi connectivity index (χ3n) is 3.89. The van der Waals surface area contributed by atoms with Gasteiger partial charge in [-0.2, -0.15) is 8.42 Å². The number of fused-ring (bicyclic) bond motifs is 1. The van der Waals surface area contributed by atoms with Crippen LogP contribution in [0.3, 0.4) is 0 Å². The van der Waals surface area contributed by atoms with Gasteiger partial charge in [0.05, 0.1) is 4.92 Å². The molecular formula is C17H13N3O6S. The van der Waals surface area contributed by atoms with E-state index in [0.717, 1.165) is 6.07 Å². The highest BCUT2D eigenvalue weighted by molar-refractivity contribution is 7.86. The molecule has 0 heterocycles. The second-order valence-electron chi connectivity index (χ2n) is 5.66. The average molecular weight is 387 g/mol. The van der Waals surface area contributed by atoms with Gasteiger partial charge in [-0.1, -0.05) is 30.3 Å². The number of hydrogen-bond donors (Lipinski definition) is 2. The van der Waals surface area contributed by atoms with Crippen molar-refractivity contribution in [1.29, 1.82) is 0 Å². The van der Waals surface area contributed by atoms with E-state index in [0.29, 0.717) is 10.9 Å². The number of hydrogen-bond acceptors (Lipinski definition) is 7. The van der Waals surface area contributed by atoms with E-state index in [1.54, 1.807) is 25.1 Å². The van der Waals surface area contributed by atoms with Crippen molar-refractivity contribution in [2.45, 2.75) is 11.8 Å². The molecule has 0 radical (unpaired) electrons. The quantitative estimate of drug-likeness (QED) is 0.293. The van der Waals surface area contributed by atoms with Crippen LogP contribution in [0, 0.1) is 17.0 Å². The molecule has 0 aliphatic rings. The second kappa shape index (κ2) is 6.74. The van der Waals surface area contributed by atoms with Crippen molar-refractivity contribution in [1.82, 2.24) is 0 Å². The van der Waals surface area contributed by atoms with Crippen LogP contribution in [0.2, 0.25) is 0 Å². The number of nitrogens with zero attached hydrogens (tertiary/aromatic N) is 3. The summed E-state index contributed by atoms with van der Waals surface area (Å²) in [5.41, 5.74) is -0.162. The minimum atomic E-state index is -4.60. The highest BCUT2D eigenvalue weighted by atomic mass is 32.2. The highest BCUT2D eigenvalue weighted by Crippen LogP contribution is 2.40. The maximum absolute atomic E-state index is 11.7. The summed E-state index contributed by atoms with van der Waals surface area (Å²) >= 11 is 0. The molecule has 0 atom stereocenters. The van der Waals surface area contributed by atoms with E-state index >= 15 is 0 Å². The lowest BCUT2D eigenvalue weighted by Gasteiger charge is -2.08. The lowest BCUT2D eigenvalue weighted by molar-refractivity contribution is -0.384. The number of para-hydroxylation sites is 1. The fourth-order valence-electron chi connectivity index (χ4n) is 2.70. The summed E-state index contributed by atoms with van der Waals surface area (Å²) in [7, 11) is -4.60. The maximum Gasteiger partial charge on any atom is 0.299 e. The van der Waals surface area contributed by atoms with Crippen molar-refractivity contribution < 1.29 is 23.0 Å². The Morgan fingerprint density at radius 3 is 2.41 bits per heavy atom. The van der Waals surface area contributed by atoms with E-state index in [-0.39, 0.29) is 22.4 Å². The Labute approximate surface area is 153 Å². The minimum absolute atomic E-state index is 0.0425. The normalized spacial score (nSPS) is 11.9. The molecule has 10 heteroatoms. The van der Waals surface area contributed by atoms with Crippen molar-refractivity contribution in [2.75, 3.05) is 0 Å². The predicted octanol–water partition coefficient (Wildman–Crippen LogP) is 4.42. The Kier molecular flexibility index (Phi) is 4.60. The van der Waals surface area contributed by atoms with E-state index in [4.69, 9.17) is 0 Å². The van der Waals surface area contributed by atoms with Crippen LogP contribution in [0.5, 0.6) is 5.75 Å². The summed E-state index contributed by atoms with van der Waals surface area (Å²) in [5, 5.41) is 29.4. The molecule has 0 amide bonds. The van der Waals surface area contributed by atoms with Gasteiger partial charge in [0.15, 0.2) is 5.69 Å². The van der Waals surface area contributed by atoms with Gasteiger partial charge in [-0.15, -0.1) is 10.2 Å². The molecule has 2 N–H and O–H groups in total. The largest absolute Gasteiger partial charge is 0.506 e. The van der Waals surface area contributed by atoms with Crippen LogP contribution in [0.4, 0.5) is 17.1 Å². The Morgan fingerprint density at radius 1 is 1.04 bits per heavy atom. The molecule has 138 valence electrons. The van der Waals surface area contributed by atoms with Crippen molar-refractivity contribution in [3.05, 3.63) is 64.2 Å². The van der Waals surface area contributed by atoms with Gasteiger partial charge in [0, 0.05) is 10.9 Å². The number of nitro groups is 1. The standard InChI is InChI=1S/C17H13N3O6S/c1-10-4-2-6-12(17(10)20(22)23)18-19-16-13(21)9-8-11-5-3-7-14(15(11)16)27(24,25)26/h2-9,21H,1H3,(H,24,25,26). The summed E-state index contributed by atoms with van der Waals surface area (Å²) in [6.07, 6.45) is 0. The molecule has 0 aliphatic carbocycles. The zero-order valence-corrected chi connectivity index (χ0v) is 14.7. The zero-order valence-electron chi connectivity index (χ0n) is 13.9. The molecule has 0 saturated heterocycles. The van der Waals surface area contributed by atoms with Crippen LogP contribution in [0.25, 0.3) is 10.8 Å². The number of aryl methyl sites for hydroxylation is 1. The van der Waals surface area contributed by atoms with Crippen LogP contribution in [-0.2, 0) is 10.1 Å². The molecule has 27 heavy (non-hydrogen) atoms. The van der Waals surface area contributed by atoms with E-state index in [1.165, 1.54) is 24.3 Å². The first-order valence-corrected chi connectivity index (χ1v) is 9.02. The lowest BCUT2D eigenvalue weighted by atomic mass is 10.1. The Bertz CT molecular complexity index is 1200. The van der Waals surface area contributed by atoms with Crippen molar-refractivity contribution in [3.8, 4) is 5.75 Å². The molecule has 3 aromatic carbocycles. The van der Waals surface area contributed by atoms with Gasteiger partial charge in [-0.3, -0.25) is 14.7 Å². The Hall–Kier alpha value is -3.37. The first-order chi connectivity index (χ1) is 12.7.